The fourth-order valence-electron chi connectivity index (χ4n) is 3.35. The molecule has 0 fully saturated rings. The molecule has 2 heterocycles. The van der Waals surface area contributed by atoms with E-state index in [-0.39, 0.29) is 5.91 Å². The molecular formula is C23H21ClN4O2. The van der Waals surface area contributed by atoms with Crippen molar-refractivity contribution in [2.45, 2.75) is 20.8 Å². The van der Waals surface area contributed by atoms with Gasteiger partial charge in [0.05, 0.1) is 34.5 Å². The number of rotatable bonds is 4. The number of anilines is 1. The summed E-state index contributed by atoms with van der Waals surface area (Å²) in [6, 6.07) is 13.4. The Bertz CT molecular complexity index is 1280. The Morgan fingerprint density at radius 3 is 2.70 bits per heavy atom. The molecule has 0 atom stereocenters. The zero-order chi connectivity index (χ0) is 21.4. The van der Waals surface area contributed by atoms with Crippen molar-refractivity contribution in [3.63, 3.8) is 0 Å². The maximum absolute atomic E-state index is 12.9. The number of methoxy groups -OCH3 is 1. The van der Waals surface area contributed by atoms with Gasteiger partial charge in [-0.3, -0.25) is 4.79 Å². The number of amides is 1. The van der Waals surface area contributed by atoms with E-state index in [1.54, 1.807) is 11.8 Å². The van der Waals surface area contributed by atoms with Crippen LogP contribution in [0.2, 0.25) is 5.02 Å². The molecule has 0 bridgehead atoms. The SMILES string of the molecule is COc1cccc(-n2nc(C)c3c(Cl)c(C(=O)Nc4cc(C)ccc4C)cnc32)c1. The smallest absolute Gasteiger partial charge is 0.258 e. The van der Waals surface area contributed by atoms with Crippen LogP contribution >= 0.6 is 11.6 Å². The molecule has 0 spiro atoms. The predicted molar refractivity (Wildman–Crippen MR) is 119 cm³/mol. The van der Waals surface area contributed by atoms with Crippen LogP contribution in [-0.2, 0) is 0 Å². The first kappa shape index (κ1) is 19.9. The van der Waals surface area contributed by atoms with Gasteiger partial charge in [-0.15, -0.1) is 0 Å². The molecular weight excluding hydrogens is 400 g/mol. The Morgan fingerprint density at radius 2 is 1.93 bits per heavy atom. The Hall–Kier alpha value is -3.38. The van der Waals surface area contributed by atoms with Crippen molar-refractivity contribution in [3.8, 4) is 11.4 Å². The molecule has 7 heteroatoms. The number of hydrogen-bond acceptors (Lipinski definition) is 4. The number of aromatic nitrogens is 3. The third-order valence-corrected chi connectivity index (χ3v) is 5.38. The number of pyridine rings is 1. The van der Waals surface area contributed by atoms with Gasteiger partial charge >= 0.3 is 0 Å². The maximum atomic E-state index is 12.9. The lowest BCUT2D eigenvalue weighted by atomic mass is 10.1. The summed E-state index contributed by atoms with van der Waals surface area (Å²) in [5, 5.41) is 8.50. The van der Waals surface area contributed by atoms with E-state index >= 15 is 0 Å². The van der Waals surface area contributed by atoms with E-state index in [9.17, 15) is 4.79 Å². The zero-order valence-electron chi connectivity index (χ0n) is 17.2. The summed E-state index contributed by atoms with van der Waals surface area (Å²) in [5.41, 5.74) is 5.15. The fraction of sp³-hybridized carbons (Fsp3) is 0.174. The first-order chi connectivity index (χ1) is 14.4. The van der Waals surface area contributed by atoms with Crippen LogP contribution in [0.25, 0.3) is 16.7 Å². The van der Waals surface area contributed by atoms with Gasteiger partial charge in [-0.1, -0.05) is 29.8 Å². The van der Waals surface area contributed by atoms with Gasteiger partial charge in [-0.25, -0.2) is 9.67 Å². The predicted octanol–water partition coefficient (Wildman–Crippen LogP) is 5.26. The number of hydrogen-bond donors (Lipinski definition) is 1. The molecule has 0 aliphatic rings. The summed E-state index contributed by atoms with van der Waals surface area (Å²) >= 11 is 6.66. The van der Waals surface area contributed by atoms with Gasteiger partial charge in [0, 0.05) is 18.0 Å². The Morgan fingerprint density at radius 1 is 1.13 bits per heavy atom. The number of ether oxygens (including phenoxy) is 1. The third kappa shape index (κ3) is 3.50. The van der Waals surface area contributed by atoms with Crippen LogP contribution in [0, 0.1) is 20.8 Å². The van der Waals surface area contributed by atoms with Crippen molar-refractivity contribution in [3.05, 3.63) is 76.1 Å². The molecule has 0 radical (unpaired) electrons. The van der Waals surface area contributed by atoms with Gasteiger partial charge in [0.15, 0.2) is 5.65 Å². The van der Waals surface area contributed by atoms with Gasteiger partial charge in [0.1, 0.15) is 5.75 Å². The standard InChI is InChI=1S/C23H21ClN4O2/c1-13-8-9-14(2)19(10-13)26-23(29)18-12-25-22-20(21(18)24)15(3)27-28(22)16-6-5-7-17(11-16)30-4/h5-12H,1-4H3,(H,26,29). The van der Waals surface area contributed by atoms with Crippen LogP contribution in [0.4, 0.5) is 5.69 Å². The highest BCUT2D eigenvalue weighted by atomic mass is 35.5. The number of halogens is 1. The molecule has 152 valence electrons. The van der Waals surface area contributed by atoms with Crippen molar-refractivity contribution in [2.24, 2.45) is 0 Å². The number of nitrogens with one attached hydrogen (secondary N) is 1. The van der Waals surface area contributed by atoms with Gasteiger partial charge in [0.25, 0.3) is 5.91 Å². The van der Waals surface area contributed by atoms with Gasteiger partial charge in [-0.2, -0.15) is 5.10 Å². The Kier molecular flexibility index (Phi) is 5.18. The average molecular weight is 421 g/mol. The number of fused-ring (bicyclic) bond motifs is 1. The number of nitrogens with zero attached hydrogens (tertiary/aromatic N) is 3. The van der Waals surface area contributed by atoms with Crippen LogP contribution in [-0.4, -0.2) is 27.8 Å². The van der Waals surface area contributed by atoms with Crippen molar-refractivity contribution >= 4 is 34.2 Å². The molecule has 30 heavy (non-hydrogen) atoms. The highest BCUT2D eigenvalue weighted by Crippen LogP contribution is 2.31. The van der Waals surface area contributed by atoms with Crippen molar-refractivity contribution in [2.75, 3.05) is 12.4 Å². The number of carbonyl (C=O) groups is 1. The molecule has 1 N–H and O–H groups in total. The molecule has 4 aromatic rings. The summed E-state index contributed by atoms with van der Waals surface area (Å²) in [6.45, 7) is 5.77. The molecule has 0 aliphatic heterocycles. The van der Waals surface area contributed by atoms with Crippen molar-refractivity contribution in [1.29, 1.82) is 0 Å². The van der Waals surface area contributed by atoms with Gasteiger partial charge < -0.3 is 10.1 Å². The van der Waals surface area contributed by atoms with Crippen LogP contribution in [0.1, 0.15) is 27.2 Å². The van der Waals surface area contributed by atoms with E-state index in [1.165, 1.54) is 6.20 Å². The van der Waals surface area contributed by atoms with Gasteiger partial charge in [0.2, 0.25) is 0 Å². The summed E-state index contributed by atoms with van der Waals surface area (Å²) in [6.07, 6.45) is 1.49. The second kappa shape index (κ2) is 7.80. The quantitative estimate of drug-likeness (QED) is 0.489. The molecule has 6 nitrogen and oxygen atoms in total. The van der Waals surface area contributed by atoms with Crippen molar-refractivity contribution in [1.82, 2.24) is 14.8 Å². The molecule has 0 aliphatic carbocycles. The highest BCUT2D eigenvalue weighted by Gasteiger charge is 2.20. The Balaban J connectivity index is 1.77. The first-order valence-corrected chi connectivity index (χ1v) is 9.83. The minimum atomic E-state index is -0.309. The van der Waals surface area contributed by atoms with E-state index in [1.807, 2.05) is 63.2 Å². The molecule has 0 saturated heterocycles. The van der Waals surface area contributed by atoms with Crippen LogP contribution < -0.4 is 10.1 Å². The summed E-state index contributed by atoms with van der Waals surface area (Å²) in [7, 11) is 1.61. The summed E-state index contributed by atoms with van der Waals surface area (Å²) < 4.78 is 7.00. The largest absolute Gasteiger partial charge is 0.497 e. The minimum absolute atomic E-state index is 0.304. The Labute approximate surface area is 179 Å². The fourth-order valence-corrected chi connectivity index (χ4v) is 3.70. The summed E-state index contributed by atoms with van der Waals surface area (Å²) in [4.78, 5) is 17.4. The zero-order valence-corrected chi connectivity index (χ0v) is 17.9. The second-order valence-corrected chi connectivity index (χ2v) is 7.53. The maximum Gasteiger partial charge on any atom is 0.258 e. The molecule has 2 aromatic heterocycles. The monoisotopic (exact) mass is 420 g/mol. The number of benzene rings is 2. The van der Waals surface area contributed by atoms with Crippen LogP contribution in [0.15, 0.2) is 48.7 Å². The normalized spacial score (nSPS) is 11.0. The summed E-state index contributed by atoms with van der Waals surface area (Å²) in [5.74, 6) is 0.404. The van der Waals surface area contributed by atoms with Crippen LogP contribution in [0.3, 0.4) is 0 Å². The molecule has 4 rings (SSSR count). The number of aryl methyl sites for hydroxylation is 3. The lowest BCUT2D eigenvalue weighted by Crippen LogP contribution is -2.14. The van der Waals surface area contributed by atoms with E-state index in [2.05, 4.69) is 15.4 Å². The van der Waals surface area contributed by atoms with Crippen LogP contribution in [0.5, 0.6) is 5.75 Å². The highest BCUT2D eigenvalue weighted by molar-refractivity contribution is 6.39. The van der Waals surface area contributed by atoms with E-state index in [4.69, 9.17) is 16.3 Å². The van der Waals surface area contributed by atoms with Gasteiger partial charge in [-0.05, 0) is 50.1 Å². The second-order valence-electron chi connectivity index (χ2n) is 7.16. The first-order valence-electron chi connectivity index (χ1n) is 9.46. The molecule has 0 unspecified atom stereocenters. The van der Waals surface area contributed by atoms with Crippen molar-refractivity contribution < 1.29 is 9.53 Å². The lowest BCUT2D eigenvalue weighted by molar-refractivity contribution is 0.102. The average Bonchev–Trinajstić information content (AvgIpc) is 3.08. The van der Waals surface area contributed by atoms with E-state index in [0.29, 0.717) is 33.1 Å². The lowest BCUT2D eigenvalue weighted by Gasteiger charge is -2.11. The van der Waals surface area contributed by atoms with E-state index in [0.717, 1.165) is 22.5 Å². The minimum Gasteiger partial charge on any atom is -0.497 e. The van der Waals surface area contributed by atoms with E-state index < -0.39 is 0 Å². The molecule has 0 saturated carbocycles. The topological polar surface area (TPSA) is 69.0 Å². The number of carbonyl (C=O) groups excluding carboxylic acids is 1. The third-order valence-electron chi connectivity index (χ3n) is 4.99. The molecule has 1 amide bonds. The molecule has 2 aromatic carbocycles.